The predicted octanol–water partition coefficient (Wildman–Crippen LogP) is 4.16. The van der Waals surface area contributed by atoms with Crippen molar-refractivity contribution >= 4 is 5.78 Å². The van der Waals surface area contributed by atoms with Crippen LogP contribution in [0.3, 0.4) is 0 Å². The van der Waals surface area contributed by atoms with Gasteiger partial charge >= 0.3 is 0 Å². The molecule has 0 unspecified atom stereocenters. The van der Waals surface area contributed by atoms with Crippen LogP contribution in [-0.2, 0) is 6.42 Å². The SMILES string of the molecule is O=C1CCCc2ccc(OCC3CCCCC3)cc21. The third kappa shape index (κ3) is 2.99. The molecular formula is C17H22O2. The van der Waals surface area contributed by atoms with Gasteiger partial charge in [0, 0.05) is 12.0 Å². The Morgan fingerprint density at radius 3 is 2.74 bits per heavy atom. The summed E-state index contributed by atoms with van der Waals surface area (Å²) in [4.78, 5) is 11.9. The highest BCUT2D eigenvalue weighted by molar-refractivity contribution is 5.98. The maximum absolute atomic E-state index is 11.9. The van der Waals surface area contributed by atoms with E-state index in [-0.39, 0.29) is 5.78 Å². The molecule has 0 atom stereocenters. The molecule has 2 aliphatic rings. The maximum Gasteiger partial charge on any atom is 0.163 e. The number of ether oxygens (including phenoxy) is 1. The molecule has 2 heteroatoms. The van der Waals surface area contributed by atoms with Gasteiger partial charge in [0.1, 0.15) is 5.75 Å². The summed E-state index contributed by atoms with van der Waals surface area (Å²) >= 11 is 0. The normalized spacial score (nSPS) is 20.1. The second-order valence-electron chi connectivity index (χ2n) is 5.91. The molecule has 0 aromatic heterocycles. The standard InChI is InChI=1S/C17H22O2/c18-17-8-4-7-14-9-10-15(11-16(14)17)19-12-13-5-2-1-3-6-13/h9-11,13H,1-8,12H2. The van der Waals surface area contributed by atoms with Crippen LogP contribution >= 0.6 is 0 Å². The van der Waals surface area contributed by atoms with Crippen LogP contribution in [0, 0.1) is 5.92 Å². The van der Waals surface area contributed by atoms with Gasteiger partial charge in [-0.25, -0.2) is 0 Å². The first-order valence-electron chi connectivity index (χ1n) is 7.62. The van der Waals surface area contributed by atoms with Crippen LogP contribution < -0.4 is 4.74 Å². The van der Waals surface area contributed by atoms with Gasteiger partial charge in [0.05, 0.1) is 6.61 Å². The minimum Gasteiger partial charge on any atom is -0.493 e. The highest BCUT2D eigenvalue weighted by Gasteiger charge is 2.18. The molecule has 0 N–H and O–H groups in total. The molecule has 0 aliphatic heterocycles. The van der Waals surface area contributed by atoms with Gasteiger partial charge in [0.25, 0.3) is 0 Å². The van der Waals surface area contributed by atoms with Crippen molar-refractivity contribution in [3.05, 3.63) is 29.3 Å². The van der Waals surface area contributed by atoms with Gasteiger partial charge in [0.15, 0.2) is 5.78 Å². The molecule has 2 aliphatic carbocycles. The molecule has 1 aromatic carbocycles. The second-order valence-corrected chi connectivity index (χ2v) is 5.91. The molecule has 0 bridgehead atoms. The summed E-state index contributed by atoms with van der Waals surface area (Å²) in [6.07, 6.45) is 9.38. The highest BCUT2D eigenvalue weighted by atomic mass is 16.5. The number of benzene rings is 1. The molecule has 2 nitrogen and oxygen atoms in total. The second kappa shape index (κ2) is 5.77. The van der Waals surface area contributed by atoms with E-state index in [2.05, 4.69) is 6.07 Å². The highest BCUT2D eigenvalue weighted by Crippen LogP contribution is 2.27. The van der Waals surface area contributed by atoms with Crippen molar-refractivity contribution in [2.75, 3.05) is 6.61 Å². The van der Waals surface area contributed by atoms with E-state index in [9.17, 15) is 4.79 Å². The molecule has 0 amide bonds. The fourth-order valence-corrected chi connectivity index (χ4v) is 3.26. The van der Waals surface area contributed by atoms with Gasteiger partial charge in [-0.15, -0.1) is 0 Å². The molecule has 0 saturated heterocycles. The first-order valence-corrected chi connectivity index (χ1v) is 7.62. The van der Waals surface area contributed by atoms with Crippen LogP contribution in [-0.4, -0.2) is 12.4 Å². The summed E-state index contributed by atoms with van der Waals surface area (Å²) in [6.45, 7) is 0.812. The van der Waals surface area contributed by atoms with E-state index in [1.165, 1.54) is 37.7 Å². The van der Waals surface area contributed by atoms with Crippen LogP contribution in [0.2, 0.25) is 0 Å². The quantitative estimate of drug-likeness (QED) is 0.813. The number of aryl methyl sites for hydroxylation is 1. The Hall–Kier alpha value is -1.31. The van der Waals surface area contributed by atoms with Crippen molar-refractivity contribution in [3.63, 3.8) is 0 Å². The summed E-state index contributed by atoms with van der Waals surface area (Å²) in [5.41, 5.74) is 2.09. The minimum absolute atomic E-state index is 0.282. The number of fused-ring (bicyclic) bond motifs is 1. The molecule has 1 aromatic rings. The molecule has 0 radical (unpaired) electrons. The maximum atomic E-state index is 11.9. The van der Waals surface area contributed by atoms with Gasteiger partial charge in [-0.3, -0.25) is 4.79 Å². The lowest BCUT2D eigenvalue weighted by molar-refractivity contribution is 0.0972. The lowest BCUT2D eigenvalue weighted by Crippen LogP contribution is -2.16. The molecule has 102 valence electrons. The summed E-state index contributed by atoms with van der Waals surface area (Å²) in [5, 5.41) is 0. The lowest BCUT2D eigenvalue weighted by Gasteiger charge is -2.22. The summed E-state index contributed by atoms with van der Waals surface area (Å²) in [6, 6.07) is 6.06. The van der Waals surface area contributed by atoms with Crippen LogP contribution in [0.5, 0.6) is 5.75 Å². The van der Waals surface area contributed by atoms with Gasteiger partial charge in [-0.1, -0.05) is 25.3 Å². The van der Waals surface area contributed by atoms with Crippen LogP contribution in [0.4, 0.5) is 0 Å². The Kier molecular flexibility index (Phi) is 3.86. The zero-order valence-corrected chi connectivity index (χ0v) is 11.5. The average Bonchev–Trinajstić information content (AvgIpc) is 2.47. The number of hydrogen-bond donors (Lipinski definition) is 0. The van der Waals surface area contributed by atoms with Crippen molar-refractivity contribution in [2.45, 2.75) is 51.4 Å². The van der Waals surface area contributed by atoms with E-state index in [0.717, 1.165) is 30.8 Å². The van der Waals surface area contributed by atoms with E-state index in [1.807, 2.05) is 12.1 Å². The van der Waals surface area contributed by atoms with Crippen LogP contribution in [0.25, 0.3) is 0 Å². The fraction of sp³-hybridized carbons (Fsp3) is 0.588. The third-order valence-electron chi connectivity index (χ3n) is 4.44. The third-order valence-corrected chi connectivity index (χ3v) is 4.44. The first kappa shape index (κ1) is 12.7. The predicted molar refractivity (Wildman–Crippen MR) is 75.8 cm³/mol. The topological polar surface area (TPSA) is 26.3 Å². The van der Waals surface area contributed by atoms with Gasteiger partial charge < -0.3 is 4.74 Å². The summed E-state index contributed by atoms with van der Waals surface area (Å²) in [7, 11) is 0. The Morgan fingerprint density at radius 2 is 1.89 bits per heavy atom. The van der Waals surface area contributed by atoms with E-state index in [0.29, 0.717) is 12.3 Å². The van der Waals surface area contributed by atoms with Crippen molar-refractivity contribution in [3.8, 4) is 5.75 Å². The zero-order valence-electron chi connectivity index (χ0n) is 11.5. The van der Waals surface area contributed by atoms with E-state index < -0.39 is 0 Å². The number of carbonyl (C=O) groups is 1. The molecule has 19 heavy (non-hydrogen) atoms. The van der Waals surface area contributed by atoms with Crippen LogP contribution in [0.1, 0.15) is 60.9 Å². The summed E-state index contributed by atoms with van der Waals surface area (Å²) < 4.78 is 5.91. The Balaban J connectivity index is 1.64. The van der Waals surface area contributed by atoms with Crippen molar-refractivity contribution < 1.29 is 9.53 Å². The van der Waals surface area contributed by atoms with Crippen molar-refractivity contribution in [1.29, 1.82) is 0 Å². The smallest absolute Gasteiger partial charge is 0.163 e. The fourth-order valence-electron chi connectivity index (χ4n) is 3.26. The molecule has 3 rings (SSSR count). The Bertz CT molecular complexity index is 458. The van der Waals surface area contributed by atoms with E-state index in [1.54, 1.807) is 0 Å². The lowest BCUT2D eigenvalue weighted by atomic mass is 9.90. The molecule has 0 heterocycles. The van der Waals surface area contributed by atoms with Gasteiger partial charge in [-0.2, -0.15) is 0 Å². The molecule has 0 spiro atoms. The van der Waals surface area contributed by atoms with Gasteiger partial charge in [-0.05, 0) is 49.3 Å². The number of hydrogen-bond acceptors (Lipinski definition) is 2. The minimum atomic E-state index is 0.282. The number of carbonyl (C=O) groups excluding carboxylic acids is 1. The Labute approximate surface area is 115 Å². The Morgan fingerprint density at radius 1 is 1.05 bits per heavy atom. The zero-order chi connectivity index (χ0) is 13.1. The first-order chi connectivity index (χ1) is 9.33. The largest absolute Gasteiger partial charge is 0.493 e. The van der Waals surface area contributed by atoms with Crippen LogP contribution in [0.15, 0.2) is 18.2 Å². The average molecular weight is 258 g/mol. The van der Waals surface area contributed by atoms with Crippen molar-refractivity contribution in [2.24, 2.45) is 5.92 Å². The number of ketones is 1. The monoisotopic (exact) mass is 258 g/mol. The van der Waals surface area contributed by atoms with Gasteiger partial charge in [0.2, 0.25) is 0 Å². The summed E-state index contributed by atoms with van der Waals surface area (Å²) in [5.74, 6) is 1.87. The van der Waals surface area contributed by atoms with Crippen molar-refractivity contribution in [1.82, 2.24) is 0 Å². The van der Waals surface area contributed by atoms with E-state index >= 15 is 0 Å². The molecule has 1 saturated carbocycles. The molecular weight excluding hydrogens is 236 g/mol. The molecule has 1 fully saturated rings. The number of rotatable bonds is 3. The number of Topliss-reactive ketones (excluding diaryl/α,β-unsaturated/α-hetero) is 1. The van der Waals surface area contributed by atoms with E-state index in [4.69, 9.17) is 4.74 Å².